The van der Waals surface area contributed by atoms with Gasteiger partial charge >= 0.3 is 0 Å². The summed E-state index contributed by atoms with van der Waals surface area (Å²) in [7, 11) is -3.82. The largest absolute Gasteiger partial charge is 0.397 e. The fraction of sp³-hybridized carbons (Fsp3) is 0. The van der Waals surface area contributed by atoms with Crippen molar-refractivity contribution in [3.8, 4) is 0 Å². The maximum absolute atomic E-state index is 12.9. The molecule has 1 aromatic carbocycles. The first-order valence-electron chi connectivity index (χ1n) is 5.07. The lowest BCUT2D eigenvalue weighted by Gasteiger charge is -2.10. The van der Waals surface area contributed by atoms with Crippen LogP contribution in [-0.2, 0) is 10.0 Å². The average molecular weight is 346 g/mol. The van der Waals surface area contributed by atoms with Crippen LogP contribution in [0.15, 0.2) is 46.0 Å². The fourth-order valence-corrected chi connectivity index (χ4v) is 2.96. The highest BCUT2D eigenvalue weighted by Gasteiger charge is 2.16. The van der Waals surface area contributed by atoms with Gasteiger partial charge in [-0.25, -0.2) is 12.8 Å². The van der Waals surface area contributed by atoms with Crippen molar-refractivity contribution in [2.75, 3.05) is 10.5 Å². The second-order valence-corrected chi connectivity index (χ2v) is 6.27. The summed E-state index contributed by atoms with van der Waals surface area (Å²) in [6.07, 6.45) is 2.66. The number of nitrogen functional groups attached to an aromatic ring is 1. The molecule has 100 valence electrons. The lowest BCUT2D eigenvalue weighted by Crippen LogP contribution is -2.14. The van der Waals surface area contributed by atoms with Crippen LogP contribution < -0.4 is 10.5 Å². The van der Waals surface area contributed by atoms with Gasteiger partial charge in [-0.3, -0.25) is 9.71 Å². The Balaban J connectivity index is 2.36. The highest BCUT2D eigenvalue weighted by Crippen LogP contribution is 2.23. The third-order valence-electron chi connectivity index (χ3n) is 2.25. The number of aromatic nitrogens is 1. The third-order valence-corrected chi connectivity index (χ3v) is 4.01. The summed E-state index contributed by atoms with van der Waals surface area (Å²) in [5.41, 5.74) is 5.66. The molecule has 0 bridgehead atoms. The Morgan fingerprint density at radius 2 is 2.00 bits per heavy atom. The molecular formula is C11H9BrFN3O2S. The molecule has 2 rings (SSSR count). The predicted octanol–water partition coefficient (Wildman–Crippen LogP) is 2.37. The van der Waals surface area contributed by atoms with Gasteiger partial charge in [0.2, 0.25) is 0 Å². The molecule has 5 nitrogen and oxygen atoms in total. The highest BCUT2D eigenvalue weighted by atomic mass is 79.9. The standard InChI is InChI=1S/C11H9BrFN3O2S/c12-7-3-9(6-15-5-7)19(17,18)16-11-2-1-8(13)4-10(11)14/h1-6,16H,14H2. The van der Waals surface area contributed by atoms with Crippen LogP contribution in [0.4, 0.5) is 15.8 Å². The van der Waals surface area contributed by atoms with Crippen LogP contribution in [0.5, 0.6) is 0 Å². The molecular weight excluding hydrogens is 337 g/mol. The second kappa shape index (κ2) is 5.14. The van der Waals surface area contributed by atoms with E-state index in [1.54, 1.807) is 0 Å². The number of nitrogens with one attached hydrogen (secondary N) is 1. The van der Waals surface area contributed by atoms with E-state index in [1.807, 2.05) is 0 Å². The van der Waals surface area contributed by atoms with E-state index in [-0.39, 0.29) is 16.3 Å². The fourth-order valence-electron chi connectivity index (χ4n) is 1.37. The van der Waals surface area contributed by atoms with E-state index in [1.165, 1.54) is 24.5 Å². The van der Waals surface area contributed by atoms with Crippen LogP contribution in [-0.4, -0.2) is 13.4 Å². The molecule has 8 heteroatoms. The molecule has 0 aliphatic rings. The Kier molecular flexibility index (Phi) is 3.72. The molecule has 2 aromatic rings. The molecule has 0 unspecified atom stereocenters. The minimum atomic E-state index is -3.82. The Morgan fingerprint density at radius 1 is 1.26 bits per heavy atom. The number of nitrogens with zero attached hydrogens (tertiary/aromatic N) is 1. The Hall–Kier alpha value is -1.67. The van der Waals surface area contributed by atoms with Crippen LogP contribution >= 0.6 is 15.9 Å². The molecule has 0 amide bonds. The molecule has 0 saturated heterocycles. The van der Waals surface area contributed by atoms with Crippen LogP contribution in [0.25, 0.3) is 0 Å². The molecule has 0 atom stereocenters. The first kappa shape index (κ1) is 13.8. The number of benzene rings is 1. The number of rotatable bonds is 3. The van der Waals surface area contributed by atoms with E-state index in [9.17, 15) is 12.8 Å². The zero-order valence-electron chi connectivity index (χ0n) is 9.47. The van der Waals surface area contributed by atoms with Crippen molar-refractivity contribution in [1.82, 2.24) is 4.98 Å². The van der Waals surface area contributed by atoms with E-state index in [4.69, 9.17) is 5.73 Å². The number of anilines is 2. The molecule has 3 N–H and O–H groups in total. The molecule has 1 aromatic heterocycles. The van der Waals surface area contributed by atoms with Gasteiger partial charge in [0.1, 0.15) is 10.7 Å². The van der Waals surface area contributed by atoms with Gasteiger partial charge in [-0.15, -0.1) is 0 Å². The number of pyridine rings is 1. The minimum Gasteiger partial charge on any atom is -0.397 e. The van der Waals surface area contributed by atoms with E-state index in [0.717, 1.165) is 12.1 Å². The van der Waals surface area contributed by atoms with Crippen molar-refractivity contribution >= 4 is 37.3 Å². The van der Waals surface area contributed by atoms with Crippen molar-refractivity contribution in [2.45, 2.75) is 4.90 Å². The average Bonchev–Trinajstić information content (AvgIpc) is 2.33. The summed E-state index contributed by atoms with van der Waals surface area (Å²) in [5.74, 6) is -0.537. The number of hydrogen-bond donors (Lipinski definition) is 2. The molecule has 0 aliphatic carbocycles. The van der Waals surface area contributed by atoms with Gasteiger partial charge in [-0.1, -0.05) is 0 Å². The number of halogens is 2. The van der Waals surface area contributed by atoms with E-state index < -0.39 is 15.8 Å². The summed E-state index contributed by atoms with van der Waals surface area (Å²) in [6, 6.07) is 4.81. The van der Waals surface area contributed by atoms with E-state index >= 15 is 0 Å². The second-order valence-electron chi connectivity index (χ2n) is 3.68. The number of nitrogens with two attached hydrogens (primary N) is 1. The summed E-state index contributed by atoms with van der Waals surface area (Å²) in [4.78, 5) is 3.75. The highest BCUT2D eigenvalue weighted by molar-refractivity contribution is 9.10. The third kappa shape index (κ3) is 3.21. The smallest absolute Gasteiger partial charge is 0.263 e. The van der Waals surface area contributed by atoms with Gasteiger partial charge in [0, 0.05) is 16.9 Å². The Bertz CT molecular complexity index is 722. The van der Waals surface area contributed by atoms with Gasteiger partial charge in [0.05, 0.1) is 11.4 Å². The lowest BCUT2D eigenvalue weighted by atomic mass is 10.3. The van der Waals surface area contributed by atoms with Crippen molar-refractivity contribution < 1.29 is 12.8 Å². The van der Waals surface area contributed by atoms with Gasteiger partial charge in [-0.05, 0) is 40.2 Å². The van der Waals surface area contributed by atoms with Gasteiger partial charge in [0.25, 0.3) is 10.0 Å². The summed E-state index contributed by atoms with van der Waals surface area (Å²) < 4.78 is 39.8. The van der Waals surface area contributed by atoms with Gasteiger partial charge < -0.3 is 5.73 Å². The normalized spacial score (nSPS) is 11.3. The minimum absolute atomic E-state index is 0.00605. The maximum atomic E-state index is 12.9. The summed E-state index contributed by atoms with van der Waals surface area (Å²) in [6.45, 7) is 0. The van der Waals surface area contributed by atoms with Crippen LogP contribution in [0, 0.1) is 5.82 Å². The van der Waals surface area contributed by atoms with Crippen LogP contribution in [0.2, 0.25) is 0 Å². The number of sulfonamides is 1. The molecule has 19 heavy (non-hydrogen) atoms. The zero-order chi connectivity index (χ0) is 14.0. The van der Waals surface area contributed by atoms with Crippen molar-refractivity contribution in [1.29, 1.82) is 0 Å². The predicted molar refractivity (Wildman–Crippen MR) is 73.6 cm³/mol. The van der Waals surface area contributed by atoms with Crippen molar-refractivity contribution in [2.24, 2.45) is 0 Å². The van der Waals surface area contributed by atoms with Crippen molar-refractivity contribution in [3.05, 3.63) is 46.9 Å². The monoisotopic (exact) mass is 345 g/mol. The quantitative estimate of drug-likeness (QED) is 0.836. The first-order chi connectivity index (χ1) is 8.88. The molecule has 0 radical (unpaired) electrons. The summed E-state index contributed by atoms with van der Waals surface area (Å²) in [5, 5.41) is 0. The van der Waals surface area contributed by atoms with Crippen molar-refractivity contribution in [3.63, 3.8) is 0 Å². The molecule has 1 heterocycles. The van der Waals surface area contributed by atoms with E-state index in [0.29, 0.717) is 4.47 Å². The zero-order valence-corrected chi connectivity index (χ0v) is 11.9. The molecule has 0 saturated carbocycles. The summed E-state index contributed by atoms with van der Waals surface area (Å²) >= 11 is 3.14. The topological polar surface area (TPSA) is 85.1 Å². The Labute approximate surface area is 117 Å². The Morgan fingerprint density at radius 3 is 2.63 bits per heavy atom. The van der Waals surface area contributed by atoms with Crippen LogP contribution in [0.3, 0.4) is 0 Å². The van der Waals surface area contributed by atoms with Crippen LogP contribution in [0.1, 0.15) is 0 Å². The van der Waals surface area contributed by atoms with Gasteiger partial charge in [0.15, 0.2) is 0 Å². The maximum Gasteiger partial charge on any atom is 0.263 e. The molecule has 0 fully saturated rings. The number of hydrogen-bond acceptors (Lipinski definition) is 4. The lowest BCUT2D eigenvalue weighted by molar-refractivity contribution is 0.600. The van der Waals surface area contributed by atoms with E-state index in [2.05, 4.69) is 25.6 Å². The SMILES string of the molecule is Nc1cc(F)ccc1NS(=O)(=O)c1cncc(Br)c1. The molecule has 0 aliphatic heterocycles. The first-order valence-corrected chi connectivity index (χ1v) is 7.34. The molecule has 0 spiro atoms. The van der Waals surface area contributed by atoms with Gasteiger partial charge in [-0.2, -0.15) is 0 Å².